The molecular formula is C16H14FNO2. The molecule has 0 heterocycles. The minimum atomic E-state index is -0.804. The maximum absolute atomic E-state index is 13.2. The normalized spacial score (nSPS) is 11.7. The van der Waals surface area contributed by atoms with Crippen molar-refractivity contribution in [2.75, 3.05) is 0 Å². The largest absolute Gasteiger partial charge is 0.489 e. The summed E-state index contributed by atoms with van der Waals surface area (Å²) in [5.74, 6) is 0.0392. The highest BCUT2D eigenvalue weighted by Gasteiger charge is 2.10. The zero-order chi connectivity index (χ0) is 14.5. The number of aliphatic hydroxyl groups excluding tert-OH is 1. The smallest absolute Gasteiger partial charge is 0.125 e. The molecular weight excluding hydrogens is 257 g/mol. The van der Waals surface area contributed by atoms with E-state index in [4.69, 9.17) is 10.00 Å². The lowest BCUT2D eigenvalue weighted by molar-refractivity contribution is 0.189. The van der Waals surface area contributed by atoms with Gasteiger partial charge in [-0.1, -0.05) is 12.1 Å². The number of nitrogens with zero attached hydrogens (tertiary/aromatic N) is 1. The molecule has 0 spiro atoms. The van der Waals surface area contributed by atoms with E-state index in [9.17, 15) is 9.50 Å². The lowest BCUT2D eigenvalue weighted by Gasteiger charge is -2.13. The molecule has 0 aromatic heterocycles. The van der Waals surface area contributed by atoms with Crippen LogP contribution in [0.25, 0.3) is 0 Å². The van der Waals surface area contributed by atoms with E-state index in [-0.39, 0.29) is 6.61 Å². The molecule has 0 amide bonds. The van der Waals surface area contributed by atoms with E-state index >= 15 is 0 Å². The molecule has 0 radical (unpaired) electrons. The molecule has 0 aliphatic carbocycles. The van der Waals surface area contributed by atoms with E-state index in [2.05, 4.69) is 0 Å². The van der Waals surface area contributed by atoms with Crippen LogP contribution in [0.1, 0.15) is 29.7 Å². The van der Waals surface area contributed by atoms with Gasteiger partial charge < -0.3 is 9.84 Å². The summed E-state index contributed by atoms with van der Waals surface area (Å²) in [6.07, 6.45) is -0.804. The van der Waals surface area contributed by atoms with Crippen molar-refractivity contribution in [3.05, 3.63) is 65.0 Å². The Morgan fingerprint density at radius 1 is 1.25 bits per heavy atom. The average molecular weight is 271 g/mol. The van der Waals surface area contributed by atoms with Gasteiger partial charge in [-0.05, 0) is 42.8 Å². The third kappa shape index (κ3) is 3.34. The number of hydrogen-bond acceptors (Lipinski definition) is 3. The molecule has 20 heavy (non-hydrogen) atoms. The highest BCUT2D eigenvalue weighted by Crippen LogP contribution is 2.26. The van der Waals surface area contributed by atoms with Gasteiger partial charge in [-0.15, -0.1) is 0 Å². The first kappa shape index (κ1) is 14.0. The van der Waals surface area contributed by atoms with Gasteiger partial charge in [-0.3, -0.25) is 0 Å². The predicted octanol–water partition coefficient (Wildman–Crippen LogP) is 3.33. The van der Waals surface area contributed by atoms with Gasteiger partial charge >= 0.3 is 0 Å². The summed E-state index contributed by atoms with van der Waals surface area (Å²) in [6, 6.07) is 13.1. The molecule has 0 aliphatic rings. The molecule has 2 aromatic rings. The third-order valence-corrected chi connectivity index (χ3v) is 2.90. The average Bonchev–Trinajstić information content (AvgIpc) is 2.46. The summed E-state index contributed by atoms with van der Waals surface area (Å²) in [4.78, 5) is 0. The molecule has 0 aliphatic heterocycles. The second kappa shape index (κ2) is 6.18. The van der Waals surface area contributed by atoms with Crippen molar-refractivity contribution in [3.8, 4) is 11.8 Å². The molecule has 0 saturated carbocycles. The van der Waals surface area contributed by atoms with E-state index in [1.54, 1.807) is 31.2 Å². The first-order valence-corrected chi connectivity index (χ1v) is 6.19. The van der Waals surface area contributed by atoms with Crippen molar-refractivity contribution in [3.63, 3.8) is 0 Å². The van der Waals surface area contributed by atoms with E-state index in [0.717, 1.165) is 5.56 Å². The molecule has 4 heteroatoms. The van der Waals surface area contributed by atoms with Crippen molar-refractivity contribution in [1.29, 1.82) is 5.26 Å². The molecule has 3 nitrogen and oxygen atoms in total. The number of nitriles is 1. The summed E-state index contributed by atoms with van der Waals surface area (Å²) >= 11 is 0. The van der Waals surface area contributed by atoms with Crippen molar-refractivity contribution in [1.82, 2.24) is 0 Å². The zero-order valence-corrected chi connectivity index (χ0v) is 11.0. The Morgan fingerprint density at radius 2 is 1.95 bits per heavy atom. The number of ether oxygens (including phenoxy) is 1. The zero-order valence-electron chi connectivity index (χ0n) is 11.0. The van der Waals surface area contributed by atoms with Crippen LogP contribution >= 0.6 is 0 Å². The number of halogens is 1. The Hall–Kier alpha value is -2.38. The second-order valence-corrected chi connectivity index (χ2v) is 4.46. The van der Waals surface area contributed by atoms with Crippen molar-refractivity contribution >= 4 is 0 Å². The van der Waals surface area contributed by atoms with Gasteiger partial charge in [0.2, 0.25) is 0 Å². The number of aliphatic hydroxyl groups is 1. The Labute approximate surface area is 116 Å². The van der Waals surface area contributed by atoms with Crippen molar-refractivity contribution in [2.24, 2.45) is 0 Å². The molecule has 102 valence electrons. The fraction of sp³-hybridized carbons (Fsp3) is 0.188. The minimum absolute atomic E-state index is 0.289. The van der Waals surface area contributed by atoms with Crippen molar-refractivity contribution < 1.29 is 14.2 Å². The monoisotopic (exact) mass is 271 g/mol. The first-order valence-electron chi connectivity index (χ1n) is 6.19. The van der Waals surface area contributed by atoms with Crippen LogP contribution in [0, 0.1) is 17.1 Å². The molecule has 1 atom stereocenters. The summed E-state index contributed by atoms with van der Waals surface area (Å²) in [5, 5.41) is 18.3. The summed E-state index contributed by atoms with van der Waals surface area (Å²) in [6.45, 7) is 1.85. The molecule has 1 unspecified atom stereocenters. The summed E-state index contributed by atoms with van der Waals surface area (Å²) in [7, 11) is 0. The lowest BCUT2D eigenvalue weighted by Crippen LogP contribution is -2.01. The Balaban J connectivity index is 2.12. The summed E-state index contributed by atoms with van der Waals surface area (Å²) < 4.78 is 18.8. The van der Waals surface area contributed by atoms with Gasteiger partial charge in [0.25, 0.3) is 0 Å². The predicted molar refractivity (Wildman–Crippen MR) is 72.5 cm³/mol. The molecule has 0 fully saturated rings. The topological polar surface area (TPSA) is 53.2 Å². The Morgan fingerprint density at radius 3 is 2.55 bits per heavy atom. The molecule has 0 bridgehead atoms. The number of rotatable bonds is 4. The van der Waals surface area contributed by atoms with E-state index in [1.165, 1.54) is 18.2 Å². The van der Waals surface area contributed by atoms with Crippen LogP contribution in [0.5, 0.6) is 5.75 Å². The van der Waals surface area contributed by atoms with Gasteiger partial charge in [-0.2, -0.15) is 5.26 Å². The highest BCUT2D eigenvalue weighted by atomic mass is 19.1. The van der Waals surface area contributed by atoms with Crippen LogP contribution in [0.2, 0.25) is 0 Å². The second-order valence-electron chi connectivity index (χ2n) is 4.46. The van der Waals surface area contributed by atoms with Gasteiger partial charge in [0.05, 0.1) is 17.7 Å². The van der Waals surface area contributed by atoms with Gasteiger partial charge in [0.1, 0.15) is 18.2 Å². The highest BCUT2D eigenvalue weighted by molar-refractivity contribution is 5.36. The van der Waals surface area contributed by atoms with Gasteiger partial charge in [0, 0.05) is 5.56 Å². The summed E-state index contributed by atoms with van der Waals surface area (Å²) in [5.41, 5.74) is 1.89. The number of benzene rings is 2. The minimum Gasteiger partial charge on any atom is -0.489 e. The van der Waals surface area contributed by atoms with Crippen LogP contribution in [-0.4, -0.2) is 5.11 Å². The quantitative estimate of drug-likeness (QED) is 0.928. The van der Waals surface area contributed by atoms with Gasteiger partial charge in [0.15, 0.2) is 0 Å². The van der Waals surface area contributed by atoms with E-state index in [1.807, 2.05) is 6.07 Å². The lowest BCUT2D eigenvalue weighted by atomic mass is 10.1. The van der Waals surface area contributed by atoms with Gasteiger partial charge in [-0.25, -0.2) is 4.39 Å². The Bertz CT molecular complexity index is 630. The maximum atomic E-state index is 13.2. The number of hydrogen-bond donors (Lipinski definition) is 1. The first-order chi connectivity index (χ1) is 9.60. The van der Waals surface area contributed by atoms with Crippen LogP contribution < -0.4 is 4.74 Å². The molecule has 0 saturated heterocycles. The third-order valence-electron chi connectivity index (χ3n) is 2.90. The SMILES string of the molecule is CC(O)c1cc(F)ccc1OCc1ccc(C#N)cc1. The van der Waals surface area contributed by atoms with E-state index < -0.39 is 11.9 Å². The standard InChI is InChI=1S/C16H14FNO2/c1-11(19)15-8-14(17)6-7-16(15)20-10-13-4-2-12(9-18)3-5-13/h2-8,11,19H,10H2,1H3. The molecule has 2 rings (SSSR count). The Kier molecular flexibility index (Phi) is 4.34. The van der Waals surface area contributed by atoms with E-state index in [0.29, 0.717) is 16.9 Å². The fourth-order valence-corrected chi connectivity index (χ4v) is 1.81. The molecule has 2 aromatic carbocycles. The van der Waals surface area contributed by atoms with Crippen LogP contribution in [-0.2, 0) is 6.61 Å². The fourth-order valence-electron chi connectivity index (χ4n) is 1.81. The molecule has 1 N–H and O–H groups in total. The van der Waals surface area contributed by atoms with Crippen LogP contribution in [0.4, 0.5) is 4.39 Å². The van der Waals surface area contributed by atoms with Crippen molar-refractivity contribution in [2.45, 2.75) is 19.6 Å². The van der Waals surface area contributed by atoms with Crippen LogP contribution in [0.15, 0.2) is 42.5 Å². The maximum Gasteiger partial charge on any atom is 0.125 e. The van der Waals surface area contributed by atoms with Crippen LogP contribution in [0.3, 0.4) is 0 Å².